The molecule has 0 unspecified atom stereocenters. The van der Waals surface area contributed by atoms with Gasteiger partial charge in [-0.05, 0) is 36.2 Å². The second kappa shape index (κ2) is 7.02. The third-order valence-electron chi connectivity index (χ3n) is 4.45. The molecular formula is C17H18Cl2N2O2S. The molecule has 0 amide bonds. The van der Waals surface area contributed by atoms with Gasteiger partial charge in [0.15, 0.2) is 0 Å². The second-order valence-electron chi connectivity index (χ2n) is 5.91. The van der Waals surface area contributed by atoms with Crippen LogP contribution < -0.4 is 5.73 Å². The molecule has 0 aromatic heterocycles. The Morgan fingerprint density at radius 3 is 2.42 bits per heavy atom. The molecule has 0 saturated carbocycles. The maximum Gasteiger partial charge on any atom is 0.244 e. The van der Waals surface area contributed by atoms with Crippen LogP contribution in [0.15, 0.2) is 53.4 Å². The molecule has 0 bridgehead atoms. The third kappa shape index (κ3) is 3.32. The van der Waals surface area contributed by atoms with Crippen molar-refractivity contribution in [1.29, 1.82) is 0 Å². The van der Waals surface area contributed by atoms with Gasteiger partial charge in [-0.25, -0.2) is 8.42 Å². The van der Waals surface area contributed by atoms with Crippen LogP contribution in [0.5, 0.6) is 0 Å². The van der Waals surface area contributed by atoms with Crippen molar-refractivity contribution in [2.45, 2.75) is 10.8 Å². The van der Waals surface area contributed by atoms with Crippen molar-refractivity contribution >= 4 is 33.2 Å². The molecule has 1 fully saturated rings. The first-order chi connectivity index (χ1) is 11.4. The van der Waals surface area contributed by atoms with Crippen LogP contribution in [0.4, 0.5) is 0 Å². The smallest absolute Gasteiger partial charge is 0.244 e. The van der Waals surface area contributed by atoms with Gasteiger partial charge in [0.05, 0.1) is 5.02 Å². The lowest BCUT2D eigenvalue weighted by molar-refractivity contribution is 0.459. The predicted molar refractivity (Wildman–Crippen MR) is 96.9 cm³/mol. The number of hydrogen-bond donors (Lipinski definition) is 1. The van der Waals surface area contributed by atoms with Crippen LogP contribution in [0.25, 0.3) is 0 Å². The van der Waals surface area contributed by atoms with E-state index in [0.717, 1.165) is 5.56 Å². The summed E-state index contributed by atoms with van der Waals surface area (Å²) >= 11 is 12.0. The summed E-state index contributed by atoms with van der Waals surface area (Å²) in [4.78, 5) is 0.0815. The molecule has 2 N–H and O–H groups in total. The molecule has 128 valence electrons. The van der Waals surface area contributed by atoms with Crippen molar-refractivity contribution in [3.05, 3.63) is 64.1 Å². The number of benzene rings is 2. The van der Waals surface area contributed by atoms with Gasteiger partial charge in [0.2, 0.25) is 10.0 Å². The highest BCUT2D eigenvalue weighted by molar-refractivity contribution is 7.89. The van der Waals surface area contributed by atoms with Crippen molar-refractivity contribution in [3.63, 3.8) is 0 Å². The number of hydrogen-bond acceptors (Lipinski definition) is 3. The molecular weight excluding hydrogens is 367 g/mol. The van der Waals surface area contributed by atoms with Gasteiger partial charge in [-0.15, -0.1) is 0 Å². The zero-order chi connectivity index (χ0) is 17.3. The number of rotatable bonds is 4. The summed E-state index contributed by atoms with van der Waals surface area (Å²) in [7, 11) is -3.68. The van der Waals surface area contributed by atoms with Gasteiger partial charge < -0.3 is 5.73 Å². The van der Waals surface area contributed by atoms with E-state index >= 15 is 0 Å². The van der Waals surface area contributed by atoms with Crippen molar-refractivity contribution in [2.24, 2.45) is 11.7 Å². The zero-order valence-corrected chi connectivity index (χ0v) is 15.2. The Morgan fingerprint density at radius 1 is 1.08 bits per heavy atom. The van der Waals surface area contributed by atoms with Crippen LogP contribution in [0.1, 0.15) is 11.5 Å². The summed E-state index contributed by atoms with van der Waals surface area (Å²) in [6.45, 7) is 1.21. The minimum atomic E-state index is -3.68. The van der Waals surface area contributed by atoms with E-state index in [1.165, 1.54) is 22.5 Å². The lowest BCUT2D eigenvalue weighted by Gasteiger charge is -2.17. The van der Waals surface area contributed by atoms with E-state index in [0.29, 0.717) is 24.7 Å². The molecule has 0 aliphatic carbocycles. The first-order valence-electron chi connectivity index (χ1n) is 7.63. The summed E-state index contributed by atoms with van der Waals surface area (Å²) in [6.07, 6.45) is 0. The summed E-state index contributed by atoms with van der Waals surface area (Å²) in [5, 5.41) is 0.539. The van der Waals surface area contributed by atoms with E-state index in [9.17, 15) is 8.42 Å². The van der Waals surface area contributed by atoms with Gasteiger partial charge in [-0.1, -0.05) is 53.5 Å². The summed E-state index contributed by atoms with van der Waals surface area (Å²) in [5.74, 6) is 0.158. The highest BCUT2D eigenvalue weighted by Crippen LogP contribution is 2.36. The van der Waals surface area contributed by atoms with E-state index < -0.39 is 10.0 Å². The van der Waals surface area contributed by atoms with Gasteiger partial charge in [-0.2, -0.15) is 4.31 Å². The van der Waals surface area contributed by atoms with E-state index in [1.807, 2.05) is 30.3 Å². The number of nitrogens with two attached hydrogens (primary N) is 1. The highest BCUT2D eigenvalue weighted by atomic mass is 35.5. The predicted octanol–water partition coefficient (Wildman–Crippen LogP) is 3.36. The lowest BCUT2D eigenvalue weighted by Crippen LogP contribution is -2.30. The third-order valence-corrected chi connectivity index (χ3v) is 7.00. The molecule has 2 atom stereocenters. The molecule has 1 saturated heterocycles. The van der Waals surface area contributed by atoms with Crippen LogP contribution in [0, 0.1) is 5.92 Å². The van der Waals surface area contributed by atoms with Gasteiger partial charge in [0.1, 0.15) is 4.90 Å². The van der Waals surface area contributed by atoms with Gasteiger partial charge >= 0.3 is 0 Å². The van der Waals surface area contributed by atoms with Gasteiger partial charge in [0.25, 0.3) is 0 Å². The van der Waals surface area contributed by atoms with E-state index in [2.05, 4.69) is 0 Å². The molecule has 4 nitrogen and oxygen atoms in total. The van der Waals surface area contributed by atoms with E-state index in [4.69, 9.17) is 28.9 Å². The molecule has 0 radical (unpaired) electrons. The molecule has 1 aliphatic heterocycles. The van der Waals surface area contributed by atoms with Crippen molar-refractivity contribution in [3.8, 4) is 0 Å². The molecule has 0 spiro atoms. The molecule has 3 rings (SSSR count). The topological polar surface area (TPSA) is 63.4 Å². The summed E-state index contributed by atoms with van der Waals surface area (Å²) in [5.41, 5.74) is 6.99. The Morgan fingerprint density at radius 2 is 1.79 bits per heavy atom. The van der Waals surface area contributed by atoms with Crippen LogP contribution >= 0.6 is 23.2 Å². The second-order valence-corrected chi connectivity index (χ2v) is 8.66. The first kappa shape index (κ1) is 17.7. The van der Waals surface area contributed by atoms with Gasteiger partial charge in [0, 0.05) is 24.0 Å². The van der Waals surface area contributed by atoms with Crippen LogP contribution in [0.2, 0.25) is 10.0 Å². The fourth-order valence-corrected chi connectivity index (χ4v) is 5.44. The van der Waals surface area contributed by atoms with Crippen molar-refractivity contribution in [2.75, 3.05) is 19.6 Å². The Kier molecular flexibility index (Phi) is 5.18. The maximum absolute atomic E-state index is 13.0. The Labute approximate surface area is 152 Å². The molecule has 1 heterocycles. The first-order valence-corrected chi connectivity index (χ1v) is 9.83. The summed E-state index contributed by atoms with van der Waals surface area (Å²) < 4.78 is 27.4. The maximum atomic E-state index is 13.0. The minimum absolute atomic E-state index is 0.0771. The minimum Gasteiger partial charge on any atom is -0.330 e. The molecule has 1 aliphatic rings. The van der Waals surface area contributed by atoms with Crippen LogP contribution in [0.3, 0.4) is 0 Å². The van der Waals surface area contributed by atoms with E-state index in [1.54, 1.807) is 0 Å². The summed E-state index contributed by atoms with van der Waals surface area (Å²) in [6, 6.07) is 14.3. The quantitative estimate of drug-likeness (QED) is 0.878. The number of nitrogens with zero attached hydrogens (tertiary/aromatic N) is 1. The standard InChI is InChI=1S/C17H18Cl2N2O2S/c18-14-6-7-17(16(19)8-14)24(22,23)21-10-13(9-20)15(11-21)12-4-2-1-3-5-12/h1-8,13,15H,9-11,20H2/t13-,15+/m1/s1. The van der Waals surface area contributed by atoms with Crippen molar-refractivity contribution < 1.29 is 8.42 Å². The average Bonchev–Trinajstić information content (AvgIpc) is 3.00. The Hall–Kier alpha value is -1.11. The van der Waals surface area contributed by atoms with Crippen molar-refractivity contribution in [1.82, 2.24) is 4.31 Å². The SMILES string of the molecule is NC[C@@H]1CN(S(=O)(=O)c2ccc(Cl)cc2Cl)C[C@H]1c1ccccc1. The Bertz CT molecular complexity index is 828. The Balaban J connectivity index is 1.92. The zero-order valence-electron chi connectivity index (χ0n) is 12.9. The molecule has 2 aromatic rings. The molecule has 7 heteroatoms. The number of halogens is 2. The fraction of sp³-hybridized carbons (Fsp3) is 0.294. The molecule has 2 aromatic carbocycles. The van der Waals surface area contributed by atoms with Gasteiger partial charge in [-0.3, -0.25) is 0 Å². The highest BCUT2D eigenvalue weighted by Gasteiger charge is 2.39. The fourth-order valence-electron chi connectivity index (χ4n) is 3.17. The van der Waals surface area contributed by atoms with Crippen LogP contribution in [-0.2, 0) is 10.0 Å². The number of sulfonamides is 1. The largest absolute Gasteiger partial charge is 0.330 e. The normalized spacial score (nSPS) is 22.0. The average molecular weight is 385 g/mol. The monoisotopic (exact) mass is 384 g/mol. The van der Waals surface area contributed by atoms with E-state index in [-0.39, 0.29) is 21.8 Å². The van der Waals surface area contributed by atoms with Crippen LogP contribution in [-0.4, -0.2) is 32.4 Å². The lowest BCUT2D eigenvalue weighted by atomic mass is 9.89. The molecule has 24 heavy (non-hydrogen) atoms.